The smallest absolute Gasteiger partial charge is 0.261 e. The number of carbonyl (C=O) groups excluding carboxylic acids is 1. The molecule has 3 aromatic carbocycles. The highest BCUT2D eigenvalue weighted by molar-refractivity contribution is 5.89. The number of rotatable bonds is 10. The first-order valence-corrected chi connectivity index (χ1v) is 10.4. The predicted molar refractivity (Wildman–Crippen MR) is 118 cm³/mol. The van der Waals surface area contributed by atoms with Crippen molar-refractivity contribution in [2.75, 3.05) is 13.2 Å². The summed E-state index contributed by atoms with van der Waals surface area (Å²) < 4.78 is 11.7. The zero-order valence-corrected chi connectivity index (χ0v) is 17.2. The van der Waals surface area contributed by atoms with Gasteiger partial charge in [-0.3, -0.25) is 4.79 Å². The van der Waals surface area contributed by atoms with Crippen LogP contribution >= 0.6 is 0 Å². The number of carbonyl (C=O) groups is 1. The fourth-order valence-electron chi connectivity index (χ4n) is 3.38. The Labute approximate surface area is 172 Å². The second kappa shape index (κ2) is 10.5. The molecule has 4 heteroatoms. The molecule has 0 saturated carbocycles. The fraction of sp³-hybridized carbons (Fsp3) is 0.320. The molecule has 0 aliphatic carbocycles. The third-order valence-corrected chi connectivity index (χ3v) is 4.88. The summed E-state index contributed by atoms with van der Waals surface area (Å²) in [6.07, 6.45) is 1.82. The molecule has 29 heavy (non-hydrogen) atoms. The van der Waals surface area contributed by atoms with Gasteiger partial charge in [0.15, 0.2) is 6.10 Å². The lowest BCUT2D eigenvalue weighted by Crippen LogP contribution is -2.38. The first-order chi connectivity index (χ1) is 14.2. The first kappa shape index (κ1) is 20.7. The maximum absolute atomic E-state index is 12.6. The molecular formula is C25H29NO3. The summed E-state index contributed by atoms with van der Waals surface area (Å²) >= 11 is 0. The summed E-state index contributed by atoms with van der Waals surface area (Å²) in [5.74, 6) is 1.60. The second-order valence-electron chi connectivity index (χ2n) is 6.93. The van der Waals surface area contributed by atoms with Crippen LogP contribution in [0.2, 0.25) is 0 Å². The summed E-state index contributed by atoms with van der Waals surface area (Å²) in [4.78, 5) is 12.6. The van der Waals surface area contributed by atoms with Gasteiger partial charge in [0.2, 0.25) is 0 Å². The molecule has 0 aliphatic heterocycles. The van der Waals surface area contributed by atoms with Gasteiger partial charge in [-0.1, -0.05) is 61.5 Å². The number of ether oxygens (including phenoxy) is 2. The average Bonchev–Trinajstić information content (AvgIpc) is 2.76. The lowest BCUT2D eigenvalue weighted by atomic mass is 10.1. The minimum absolute atomic E-state index is 0.0708. The summed E-state index contributed by atoms with van der Waals surface area (Å²) in [6, 6.07) is 22.0. The minimum Gasteiger partial charge on any atom is -0.494 e. The highest BCUT2D eigenvalue weighted by Gasteiger charge is 2.18. The molecule has 0 saturated heterocycles. The number of benzene rings is 3. The van der Waals surface area contributed by atoms with Crippen molar-refractivity contribution in [3.05, 3.63) is 72.3 Å². The number of para-hydroxylation sites is 1. The third-order valence-electron chi connectivity index (χ3n) is 4.88. The van der Waals surface area contributed by atoms with Gasteiger partial charge in [0.25, 0.3) is 5.91 Å². The number of hydrogen-bond acceptors (Lipinski definition) is 3. The summed E-state index contributed by atoms with van der Waals surface area (Å²) in [7, 11) is 0. The Hall–Kier alpha value is -3.01. The molecule has 1 atom stereocenters. The maximum atomic E-state index is 12.6. The van der Waals surface area contributed by atoms with E-state index in [4.69, 9.17) is 9.47 Å². The second-order valence-corrected chi connectivity index (χ2v) is 6.93. The Kier molecular flexibility index (Phi) is 7.51. The monoisotopic (exact) mass is 391 g/mol. The van der Waals surface area contributed by atoms with Gasteiger partial charge >= 0.3 is 0 Å². The van der Waals surface area contributed by atoms with E-state index in [1.54, 1.807) is 0 Å². The van der Waals surface area contributed by atoms with Gasteiger partial charge in [-0.05, 0) is 49.3 Å². The van der Waals surface area contributed by atoms with Crippen molar-refractivity contribution in [3.63, 3.8) is 0 Å². The number of amides is 1. The molecule has 0 aliphatic rings. The Balaban J connectivity index is 1.54. The van der Waals surface area contributed by atoms with E-state index in [0.29, 0.717) is 19.6 Å². The van der Waals surface area contributed by atoms with E-state index >= 15 is 0 Å². The molecule has 4 nitrogen and oxygen atoms in total. The standard InChI is InChI=1S/C25H29NO3/c1-3-22(29-24-17-9-13-19-11-5-7-15-21(19)24)25(27)26-18-10-14-20-12-6-8-16-23(20)28-4-2/h5-9,11-13,15-17,22H,3-4,10,14,18H2,1-2H3,(H,26,27). The highest BCUT2D eigenvalue weighted by atomic mass is 16.5. The van der Waals surface area contributed by atoms with Gasteiger partial charge in [0.1, 0.15) is 11.5 Å². The number of nitrogens with one attached hydrogen (secondary N) is 1. The van der Waals surface area contributed by atoms with E-state index in [1.807, 2.05) is 74.5 Å². The van der Waals surface area contributed by atoms with Crippen molar-refractivity contribution in [2.45, 2.75) is 39.2 Å². The fourth-order valence-corrected chi connectivity index (χ4v) is 3.38. The van der Waals surface area contributed by atoms with Crippen LogP contribution in [0.5, 0.6) is 11.5 Å². The molecule has 1 amide bonds. The van der Waals surface area contributed by atoms with Gasteiger partial charge in [-0.2, -0.15) is 0 Å². The van der Waals surface area contributed by atoms with Gasteiger partial charge < -0.3 is 14.8 Å². The molecule has 1 N–H and O–H groups in total. The molecule has 3 rings (SSSR count). The summed E-state index contributed by atoms with van der Waals surface area (Å²) in [6.45, 7) is 5.21. The van der Waals surface area contributed by atoms with Crippen LogP contribution in [0, 0.1) is 0 Å². The van der Waals surface area contributed by atoms with Crippen molar-refractivity contribution in [1.82, 2.24) is 5.32 Å². The predicted octanol–water partition coefficient (Wildman–Crippen LogP) is 5.14. The lowest BCUT2D eigenvalue weighted by Gasteiger charge is -2.18. The molecule has 152 valence electrons. The Bertz CT molecular complexity index is 933. The zero-order chi connectivity index (χ0) is 20.5. The van der Waals surface area contributed by atoms with E-state index < -0.39 is 6.10 Å². The number of hydrogen-bond donors (Lipinski definition) is 1. The molecule has 3 aromatic rings. The van der Waals surface area contributed by atoms with Gasteiger partial charge in [-0.15, -0.1) is 0 Å². The lowest BCUT2D eigenvalue weighted by molar-refractivity contribution is -0.128. The molecular weight excluding hydrogens is 362 g/mol. The van der Waals surface area contributed by atoms with Gasteiger partial charge in [0, 0.05) is 11.9 Å². The van der Waals surface area contributed by atoms with Crippen molar-refractivity contribution >= 4 is 16.7 Å². The van der Waals surface area contributed by atoms with Gasteiger partial charge in [-0.25, -0.2) is 0 Å². The van der Waals surface area contributed by atoms with Crippen molar-refractivity contribution in [3.8, 4) is 11.5 Å². The highest BCUT2D eigenvalue weighted by Crippen LogP contribution is 2.26. The van der Waals surface area contributed by atoms with Crippen molar-refractivity contribution < 1.29 is 14.3 Å². The number of aryl methyl sites for hydroxylation is 1. The van der Waals surface area contributed by atoms with Crippen LogP contribution in [-0.4, -0.2) is 25.2 Å². The van der Waals surface area contributed by atoms with Crippen molar-refractivity contribution in [2.24, 2.45) is 0 Å². The van der Waals surface area contributed by atoms with Crippen LogP contribution in [0.15, 0.2) is 66.7 Å². The number of fused-ring (bicyclic) bond motifs is 1. The topological polar surface area (TPSA) is 47.6 Å². The molecule has 1 unspecified atom stereocenters. The minimum atomic E-state index is -0.503. The summed E-state index contributed by atoms with van der Waals surface area (Å²) in [5, 5.41) is 5.15. The van der Waals surface area contributed by atoms with E-state index in [1.165, 1.54) is 5.56 Å². The quantitative estimate of drug-likeness (QED) is 0.487. The largest absolute Gasteiger partial charge is 0.494 e. The van der Waals surface area contributed by atoms with Crippen LogP contribution in [0.1, 0.15) is 32.3 Å². The zero-order valence-electron chi connectivity index (χ0n) is 17.2. The van der Waals surface area contributed by atoms with Crippen LogP contribution in [0.4, 0.5) is 0 Å². The third kappa shape index (κ3) is 5.50. The Morgan fingerprint density at radius 1 is 0.931 bits per heavy atom. The van der Waals surface area contributed by atoms with E-state index in [2.05, 4.69) is 11.4 Å². The van der Waals surface area contributed by atoms with E-state index in [0.717, 1.165) is 35.1 Å². The van der Waals surface area contributed by atoms with Crippen LogP contribution in [-0.2, 0) is 11.2 Å². The van der Waals surface area contributed by atoms with Crippen molar-refractivity contribution in [1.29, 1.82) is 0 Å². The molecule has 0 bridgehead atoms. The molecule has 0 spiro atoms. The van der Waals surface area contributed by atoms with Crippen LogP contribution in [0.3, 0.4) is 0 Å². The molecule has 0 radical (unpaired) electrons. The Morgan fingerprint density at radius 3 is 2.48 bits per heavy atom. The maximum Gasteiger partial charge on any atom is 0.261 e. The Morgan fingerprint density at radius 2 is 1.66 bits per heavy atom. The normalized spacial score (nSPS) is 11.8. The average molecular weight is 392 g/mol. The SMILES string of the molecule is CCOc1ccccc1CCCNC(=O)C(CC)Oc1cccc2ccccc12. The first-order valence-electron chi connectivity index (χ1n) is 10.4. The molecule has 0 aromatic heterocycles. The van der Waals surface area contributed by atoms with Crippen LogP contribution < -0.4 is 14.8 Å². The summed E-state index contributed by atoms with van der Waals surface area (Å²) in [5.41, 5.74) is 1.17. The van der Waals surface area contributed by atoms with E-state index in [-0.39, 0.29) is 5.91 Å². The van der Waals surface area contributed by atoms with Crippen LogP contribution in [0.25, 0.3) is 10.8 Å². The van der Waals surface area contributed by atoms with E-state index in [9.17, 15) is 4.79 Å². The van der Waals surface area contributed by atoms with Gasteiger partial charge in [0.05, 0.1) is 6.61 Å². The molecule has 0 heterocycles. The molecule has 0 fully saturated rings.